The van der Waals surface area contributed by atoms with Gasteiger partial charge in [0.1, 0.15) is 5.65 Å². The molecule has 0 aliphatic carbocycles. The number of fused-ring (bicyclic) bond motifs is 1. The summed E-state index contributed by atoms with van der Waals surface area (Å²) in [5, 5.41) is 0. The third-order valence-corrected chi connectivity index (χ3v) is 3.29. The van der Waals surface area contributed by atoms with Crippen LogP contribution in [0.15, 0.2) is 29.2 Å². The van der Waals surface area contributed by atoms with Crippen LogP contribution in [0.2, 0.25) is 0 Å². The first kappa shape index (κ1) is 10.6. The second-order valence-corrected chi connectivity index (χ2v) is 4.59. The fourth-order valence-corrected chi connectivity index (χ4v) is 2.41. The highest BCUT2D eigenvalue weighted by molar-refractivity contribution is 5.39. The number of pyridine rings is 1. The van der Waals surface area contributed by atoms with Gasteiger partial charge in [-0.15, -0.1) is 0 Å². The molecule has 0 radical (unpaired) electrons. The number of ether oxygens (including phenoxy) is 1. The number of aromatic amines is 1. The molecule has 1 atom stereocenters. The number of hydrogen-bond donors (Lipinski definition) is 1. The predicted octanol–water partition coefficient (Wildman–Crippen LogP) is 1.74. The van der Waals surface area contributed by atoms with Crippen molar-refractivity contribution in [1.82, 2.24) is 9.38 Å². The van der Waals surface area contributed by atoms with Gasteiger partial charge in [-0.1, -0.05) is 6.07 Å². The molecule has 4 nitrogen and oxygen atoms in total. The van der Waals surface area contributed by atoms with Gasteiger partial charge in [0, 0.05) is 31.0 Å². The van der Waals surface area contributed by atoms with Crippen LogP contribution < -0.4 is 5.56 Å². The van der Waals surface area contributed by atoms with Crippen molar-refractivity contribution < 1.29 is 4.74 Å². The van der Waals surface area contributed by atoms with E-state index in [1.165, 1.54) is 12.8 Å². The molecule has 1 fully saturated rings. The van der Waals surface area contributed by atoms with E-state index in [0.29, 0.717) is 6.10 Å². The van der Waals surface area contributed by atoms with Gasteiger partial charge in [-0.3, -0.25) is 9.20 Å². The van der Waals surface area contributed by atoms with Crippen LogP contribution in [0.1, 0.15) is 25.0 Å². The van der Waals surface area contributed by atoms with Crippen LogP contribution in [0.25, 0.3) is 5.65 Å². The van der Waals surface area contributed by atoms with E-state index in [-0.39, 0.29) is 5.56 Å². The minimum Gasteiger partial charge on any atom is -0.378 e. The monoisotopic (exact) mass is 232 g/mol. The number of nitrogens with one attached hydrogen (secondary N) is 1. The molecule has 4 heteroatoms. The van der Waals surface area contributed by atoms with E-state index >= 15 is 0 Å². The molecular formula is C13H16N2O2. The van der Waals surface area contributed by atoms with E-state index in [0.717, 1.165) is 30.8 Å². The topological polar surface area (TPSA) is 46.5 Å². The molecule has 2 aromatic rings. The van der Waals surface area contributed by atoms with Crippen LogP contribution in [0, 0.1) is 0 Å². The van der Waals surface area contributed by atoms with Crippen molar-refractivity contribution >= 4 is 5.65 Å². The molecule has 1 aliphatic heterocycles. The molecule has 0 saturated carbocycles. The zero-order chi connectivity index (χ0) is 11.7. The van der Waals surface area contributed by atoms with Crippen LogP contribution in [-0.4, -0.2) is 22.1 Å². The molecule has 0 amide bonds. The molecule has 0 spiro atoms. The van der Waals surface area contributed by atoms with Crippen molar-refractivity contribution in [3.05, 3.63) is 40.4 Å². The van der Waals surface area contributed by atoms with E-state index < -0.39 is 0 Å². The lowest BCUT2D eigenvalue weighted by atomic mass is 10.1. The van der Waals surface area contributed by atoms with Gasteiger partial charge < -0.3 is 9.72 Å². The fourth-order valence-electron chi connectivity index (χ4n) is 2.41. The lowest BCUT2D eigenvalue weighted by molar-refractivity contribution is 0.0163. The number of nitrogens with zero attached hydrogens (tertiary/aromatic N) is 1. The van der Waals surface area contributed by atoms with Crippen LogP contribution >= 0.6 is 0 Å². The largest absolute Gasteiger partial charge is 0.378 e. The van der Waals surface area contributed by atoms with Crippen LogP contribution in [0.4, 0.5) is 0 Å². The molecule has 3 rings (SSSR count). The summed E-state index contributed by atoms with van der Waals surface area (Å²) in [5.74, 6) is 0. The molecule has 17 heavy (non-hydrogen) atoms. The predicted molar refractivity (Wildman–Crippen MR) is 65.3 cm³/mol. The zero-order valence-corrected chi connectivity index (χ0v) is 9.69. The second-order valence-electron chi connectivity index (χ2n) is 4.59. The molecule has 1 N–H and O–H groups in total. The van der Waals surface area contributed by atoms with Gasteiger partial charge in [0.15, 0.2) is 0 Å². The van der Waals surface area contributed by atoms with Crippen LogP contribution in [0.3, 0.4) is 0 Å². The Labute approximate surface area is 99.2 Å². The SMILES string of the molecule is O=c1cccc2[nH]c(CC3CCCCO3)cn12. The maximum Gasteiger partial charge on any atom is 0.256 e. The maximum absolute atomic E-state index is 11.6. The van der Waals surface area contributed by atoms with E-state index in [2.05, 4.69) is 4.98 Å². The Kier molecular flexibility index (Phi) is 2.73. The van der Waals surface area contributed by atoms with Gasteiger partial charge >= 0.3 is 0 Å². The minimum absolute atomic E-state index is 0.00885. The summed E-state index contributed by atoms with van der Waals surface area (Å²) < 4.78 is 7.35. The van der Waals surface area contributed by atoms with Crippen molar-refractivity contribution in [1.29, 1.82) is 0 Å². The summed E-state index contributed by atoms with van der Waals surface area (Å²) in [6.07, 6.45) is 6.57. The minimum atomic E-state index is 0.00885. The quantitative estimate of drug-likeness (QED) is 0.857. The van der Waals surface area contributed by atoms with Crippen LogP contribution in [-0.2, 0) is 11.2 Å². The van der Waals surface area contributed by atoms with Gasteiger partial charge in [-0.2, -0.15) is 0 Å². The summed E-state index contributed by atoms with van der Waals surface area (Å²) in [6.45, 7) is 0.866. The molecule has 1 saturated heterocycles. The van der Waals surface area contributed by atoms with E-state index in [1.54, 1.807) is 16.5 Å². The first-order valence-corrected chi connectivity index (χ1v) is 6.14. The van der Waals surface area contributed by atoms with Crippen molar-refractivity contribution in [3.8, 4) is 0 Å². The number of H-pyrrole nitrogens is 1. The average Bonchev–Trinajstić information content (AvgIpc) is 2.74. The first-order chi connectivity index (χ1) is 8.33. The standard InChI is InChI=1S/C13H16N2O2/c16-13-6-3-5-12-14-10(9-15(12)13)8-11-4-1-2-7-17-11/h3,5-6,9,11,14H,1-2,4,7-8H2. The highest BCUT2D eigenvalue weighted by atomic mass is 16.5. The summed E-state index contributed by atoms with van der Waals surface area (Å²) in [5.41, 5.74) is 1.93. The highest BCUT2D eigenvalue weighted by Crippen LogP contribution is 2.16. The Balaban J connectivity index is 1.85. The molecule has 1 aliphatic rings. The Morgan fingerprint density at radius 1 is 1.41 bits per heavy atom. The Bertz CT molecular complexity index is 564. The summed E-state index contributed by atoms with van der Waals surface area (Å²) in [6, 6.07) is 5.25. The fraction of sp³-hybridized carbons (Fsp3) is 0.462. The Morgan fingerprint density at radius 3 is 3.12 bits per heavy atom. The number of rotatable bonds is 2. The molecular weight excluding hydrogens is 216 g/mol. The summed E-state index contributed by atoms with van der Waals surface area (Å²) >= 11 is 0. The van der Waals surface area contributed by atoms with Gasteiger partial charge in [0.2, 0.25) is 0 Å². The Hall–Kier alpha value is -1.55. The molecule has 1 unspecified atom stereocenters. The van der Waals surface area contributed by atoms with Crippen molar-refractivity contribution in [3.63, 3.8) is 0 Å². The average molecular weight is 232 g/mol. The molecule has 90 valence electrons. The van der Waals surface area contributed by atoms with E-state index in [1.807, 2.05) is 12.3 Å². The van der Waals surface area contributed by atoms with Crippen LogP contribution in [0.5, 0.6) is 0 Å². The Morgan fingerprint density at radius 2 is 2.35 bits per heavy atom. The third kappa shape index (κ3) is 2.13. The number of imidazole rings is 1. The summed E-state index contributed by atoms with van der Waals surface area (Å²) in [7, 11) is 0. The molecule has 2 aromatic heterocycles. The second kappa shape index (κ2) is 4.37. The van der Waals surface area contributed by atoms with Crippen molar-refractivity contribution in [2.75, 3.05) is 6.61 Å². The number of hydrogen-bond acceptors (Lipinski definition) is 2. The third-order valence-electron chi connectivity index (χ3n) is 3.29. The summed E-state index contributed by atoms with van der Waals surface area (Å²) in [4.78, 5) is 14.9. The normalized spacial score (nSPS) is 20.8. The first-order valence-electron chi connectivity index (χ1n) is 6.14. The molecule has 0 bridgehead atoms. The van der Waals surface area contributed by atoms with Crippen molar-refractivity contribution in [2.24, 2.45) is 0 Å². The number of aromatic nitrogens is 2. The van der Waals surface area contributed by atoms with E-state index in [4.69, 9.17) is 4.74 Å². The van der Waals surface area contributed by atoms with Gasteiger partial charge in [0.25, 0.3) is 5.56 Å². The van der Waals surface area contributed by atoms with Gasteiger partial charge in [0.05, 0.1) is 6.10 Å². The smallest absolute Gasteiger partial charge is 0.256 e. The van der Waals surface area contributed by atoms with E-state index in [9.17, 15) is 4.79 Å². The lowest BCUT2D eigenvalue weighted by Gasteiger charge is -2.21. The van der Waals surface area contributed by atoms with Gasteiger partial charge in [-0.25, -0.2) is 0 Å². The van der Waals surface area contributed by atoms with Crippen molar-refractivity contribution in [2.45, 2.75) is 31.8 Å². The highest BCUT2D eigenvalue weighted by Gasteiger charge is 2.15. The maximum atomic E-state index is 11.6. The lowest BCUT2D eigenvalue weighted by Crippen LogP contribution is -2.21. The zero-order valence-electron chi connectivity index (χ0n) is 9.69. The molecule has 3 heterocycles. The molecule has 0 aromatic carbocycles. The van der Waals surface area contributed by atoms with Gasteiger partial charge in [-0.05, 0) is 25.3 Å².